The fourth-order valence-corrected chi connectivity index (χ4v) is 2.36. The van der Waals surface area contributed by atoms with E-state index in [1.54, 1.807) is 13.1 Å². The van der Waals surface area contributed by atoms with Crippen LogP contribution in [0, 0.1) is 18.3 Å². The Labute approximate surface area is 149 Å². The van der Waals surface area contributed by atoms with Gasteiger partial charge in [-0.05, 0) is 49.2 Å². The number of guanidine groups is 1. The molecule has 2 aromatic rings. The van der Waals surface area contributed by atoms with E-state index >= 15 is 0 Å². The van der Waals surface area contributed by atoms with Gasteiger partial charge in [-0.2, -0.15) is 5.26 Å². The normalized spacial score (nSPS) is 12.2. The van der Waals surface area contributed by atoms with Gasteiger partial charge in [-0.15, -0.1) is 0 Å². The maximum absolute atomic E-state index is 8.95. The van der Waals surface area contributed by atoms with Crippen LogP contribution in [0.2, 0.25) is 0 Å². The van der Waals surface area contributed by atoms with Crippen LogP contribution in [-0.2, 0) is 6.54 Å². The largest absolute Gasteiger partial charge is 0.489 e. The summed E-state index contributed by atoms with van der Waals surface area (Å²) in [5.74, 6) is 1.56. The van der Waals surface area contributed by atoms with Gasteiger partial charge < -0.3 is 15.4 Å². The number of hydrogen-bond donors (Lipinski definition) is 2. The monoisotopic (exact) mass is 336 g/mol. The summed E-state index contributed by atoms with van der Waals surface area (Å²) < 4.78 is 5.90. The van der Waals surface area contributed by atoms with E-state index in [1.807, 2.05) is 56.3 Å². The van der Waals surface area contributed by atoms with Gasteiger partial charge >= 0.3 is 0 Å². The third-order valence-electron chi connectivity index (χ3n) is 3.62. The van der Waals surface area contributed by atoms with Gasteiger partial charge in [-0.3, -0.25) is 4.99 Å². The van der Waals surface area contributed by atoms with Crippen molar-refractivity contribution in [2.75, 3.05) is 13.6 Å². The second kappa shape index (κ2) is 9.33. The zero-order valence-electron chi connectivity index (χ0n) is 14.9. The molecule has 5 nitrogen and oxygen atoms in total. The molecule has 25 heavy (non-hydrogen) atoms. The highest BCUT2D eigenvalue weighted by atomic mass is 16.5. The number of nitrogens with zero attached hydrogens (tertiary/aromatic N) is 2. The van der Waals surface area contributed by atoms with Crippen molar-refractivity contribution < 1.29 is 4.74 Å². The first-order chi connectivity index (χ1) is 12.1. The van der Waals surface area contributed by atoms with Crippen LogP contribution >= 0.6 is 0 Å². The Kier molecular flexibility index (Phi) is 6.85. The zero-order chi connectivity index (χ0) is 18.1. The van der Waals surface area contributed by atoms with E-state index in [1.165, 1.54) is 5.56 Å². The van der Waals surface area contributed by atoms with E-state index in [-0.39, 0.29) is 6.10 Å². The summed E-state index contributed by atoms with van der Waals surface area (Å²) >= 11 is 0. The van der Waals surface area contributed by atoms with E-state index < -0.39 is 0 Å². The summed E-state index contributed by atoms with van der Waals surface area (Å²) in [6.07, 6.45) is 0.00210. The van der Waals surface area contributed by atoms with Gasteiger partial charge in [0.2, 0.25) is 0 Å². The molecular formula is C20H24N4O. The quantitative estimate of drug-likeness (QED) is 0.628. The summed E-state index contributed by atoms with van der Waals surface area (Å²) in [5, 5.41) is 15.4. The molecule has 0 spiro atoms. The van der Waals surface area contributed by atoms with Crippen LogP contribution in [0.1, 0.15) is 23.6 Å². The van der Waals surface area contributed by atoms with Gasteiger partial charge in [0.1, 0.15) is 11.9 Å². The number of rotatable bonds is 6. The Morgan fingerprint density at radius 1 is 1.20 bits per heavy atom. The molecule has 0 bridgehead atoms. The van der Waals surface area contributed by atoms with E-state index in [4.69, 9.17) is 10.00 Å². The summed E-state index contributed by atoms with van der Waals surface area (Å²) in [7, 11) is 1.73. The fourth-order valence-electron chi connectivity index (χ4n) is 2.36. The lowest BCUT2D eigenvalue weighted by Gasteiger charge is -2.18. The summed E-state index contributed by atoms with van der Waals surface area (Å²) in [6, 6.07) is 17.7. The third kappa shape index (κ3) is 6.19. The van der Waals surface area contributed by atoms with Crippen LogP contribution < -0.4 is 15.4 Å². The maximum Gasteiger partial charge on any atom is 0.191 e. The van der Waals surface area contributed by atoms with E-state index in [0.717, 1.165) is 11.3 Å². The molecule has 0 aliphatic rings. The molecule has 0 saturated heterocycles. The molecule has 5 heteroatoms. The Morgan fingerprint density at radius 3 is 2.72 bits per heavy atom. The van der Waals surface area contributed by atoms with Gasteiger partial charge in [-0.1, -0.05) is 24.3 Å². The van der Waals surface area contributed by atoms with Crippen molar-refractivity contribution in [3.63, 3.8) is 0 Å². The number of benzene rings is 2. The Balaban J connectivity index is 1.80. The molecule has 0 radical (unpaired) electrons. The molecule has 2 rings (SSSR count). The molecule has 0 aromatic heterocycles. The Bertz CT molecular complexity index is 764. The molecule has 0 amide bonds. The van der Waals surface area contributed by atoms with E-state index in [9.17, 15) is 0 Å². The topological polar surface area (TPSA) is 69.4 Å². The van der Waals surface area contributed by atoms with Crippen molar-refractivity contribution in [3.8, 4) is 11.8 Å². The second-order valence-electron chi connectivity index (χ2n) is 5.86. The van der Waals surface area contributed by atoms with Crippen LogP contribution in [0.3, 0.4) is 0 Å². The number of ether oxygens (including phenoxy) is 1. The minimum absolute atomic E-state index is 0.00210. The van der Waals surface area contributed by atoms with Crippen molar-refractivity contribution in [1.29, 1.82) is 5.26 Å². The SMILES string of the molecule is CN=C(NCc1cccc(C#N)c1)NCC(C)Oc1cccc(C)c1. The number of aliphatic imine (C=N–C) groups is 1. The molecule has 1 unspecified atom stereocenters. The van der Waals surface area contributed by atoms with E-state index in [0.29, 0.717) is 24.6 Å². The molecule has 2 N–H and O–H groups in total. The van der Waals surface area contributed by atoms with Crippen LogP contribution in [0.15, 0.2) is 53.5 Å². The van der Waals surface area contributed by atoms with Crippen LogP contribution in [0.5, 0.6) is 5.75 Å². The van der Waals surface area contributed by atoms with Crippen molar-refractivity contribution >= 4 is 5.96 Å². The predicted octanol–water partition coefficient (Wildman–Crippen LogP) is 3.00. The van der Waals surface area contributed by atoms with Crippen molar-refractivity contribution in [3.05, 3.63) is 65.2 Å². The van der Waals surface area contributed by atoms with Gasteiger partial charge in [0.15, 0.2) is 5.96 Å². The molecule has 0 saturated carbocycles. The smallest absolute Gasteiger partial charge is 0.191 e. The average Bonchev–Trinajstić information content (AvgIpc) is 2.62. The predicted molar refractivity (Wildman–Crippen MR) is 101 cm³/mol. The van der Waals surface area contributed by atoms with Crippen molar-refractivity contribution in [2.24, 2.45) is 4.99 Å². The first kappa shape index (κ1) is 18.3. The average molecular weight is 336 g/mol. The summed E-state index contributed by atoms with van der Waals surface area (Å²) in [6.45, 7) is 5.29. The number of hydrogen-bond acceptors (Lipinski definition) is 3. The molecular weight excluding hydrogens is 312 g/mol. The minimum Gasteiger partial charge on any atom is -0.489 e. The lowest BCUT2D eigenvalue weighted by Crippen LogP contribution is -2.41. The van der Waals surface area contributed by atoms with Gasteiger partial charge in [0, 0.05) is 13.6 Å². The Morgan fingerprint density at radius 2 is 2.00 bits per heavy atom. The molecule has 0 aliphatic heterocycles. The van der Waals surface area contributed by atoms with Crippen molar-refractivity contribution in [1.82, 2.24) is 10.6 Å². The minimum atomic E-state index is 0.00210. The Hall–Kier alpha value is -3.00. The fraction of sp³-hybridized carbons (Fsp3) is 0.300. The van der Waals surface area contributed by atoms with Crippen LogP contribution in [-0.4, -0.2) is 25.7 Å². The number of nitrogens with one attached hydrogen (secondary N) is 2. The lowest BCUT2D eigenvalue weighted by molar-refractivity contribution is 0.223. The lowest BCUT2D eigenvalue weighted by atomic mass is 10.1. The summed E-state index contributed by atoms with van der Waals surface area (Å²) in [5.41, 5.74) is 2.86. The highest BCUT2D eigenvalue weighted by Gasteiger charge is 2.06. The first-order valence-corrected chi connectivity index (χ1v) is 8.27. The molecule has 0 fully saturated rings. The molecule has 0 aliphatic carbocycles. The number of aryl methyl sites for hydroxylation is 1. The second-order valence-corrected chi connectivity index (χ2v) is 5.86. The molecule has 0 heterocycles. The van der Waals surface area contributed by atoms with Crippen molar-refractivity contribution in [2.45, 2.75) is 26.5 Å². The zero-order valence-corrected chi connectivity index (χ0v) is 14.9. The van der Waals surface area contributed by atoms with Gasteiger partial charge in [0.05, 0.1) is 18.2 Å². The highest BCUT2D eigenvalue weighted by Crippen LogP contribution is 2.13. The van der Waals surface area contributed by atoms with Gasteiger partial charge in [-0.25, -0.2) is 0 Å². The third-order valence-corrected chi connectivity index (χ3v) is 3.62. The molecule has 1 atom stereocenters. The highest BCUT2D eigenvalue weighted by molar-refractivity contribution is 5.79. The summed E-state index contributed by atoms with van der Waals surface area (Å²) in [4.78, 5) is 4.21. The van der Waals surface area contributed by atoms with Gasteiger partial charge in [0.25, 0.3) is 0 Å². The molecule has 130 valence electrons. The van der Waals surface area contributed by atoms with Crippen LogP contribution in [0.4, 0.5) is 0 Å². The first-order valence-electron chi connectivity index (χ1n) is 8.27. The number of nitriles is 1. The molecule has 2 aromatic carbocycles. The van der Waals surface area contributed by atoms with Crippen LogP contribution in [0.25, 0.3) is 0 Å². The maximum atomic E-state index is 8.95. The standard InChI is InChI=1S/C20H24N4O/c1-15-6-4-9-19(10-15)25-16(2)13-23-20(22-3)24-14-18-8-5-7-17(11-18)12-21/h4-11,16H,13-14H2,1-3H3,(H2,22,23,24). The van der Waals surface area contributed by atoms with E-state index in [2.05, 4.69) is 21.7 Å².